The van der Waals surface area contributed by atoms with E-state index in [1.54, 1.807) is 18.2 Å². The Labute approximate surface area is 115 Å². The molecule has 3 rings (SSSR count). The summed E-state index contributed by atoms with van der Waals surface area (Å²) in [7, 11) is 0. The number of benzene rings is 2. The molecule has 0 fully saturated rings. The zero-order valence-electron chi connectivity index (χ0n) is 10.6. The fourth-order valence-corrected chi connectivity index (χ4v) is 1.95. The van der Waals surface area contributed by atoms with Crippen molar-refractivity contribution >= 4 is 5.82 Å². The summed E-state index contributed by atoms with van der Waals surface area (Å²) in [6.07, 6.45) is 0. The van der Waals surface area contributed by atoms with Crippen molar-refractivity contribution in [1.82, 2.24) is 9.97 Å². The van der Waals surface area contributed by atoms with Gasteiger partial charge in [-0.3, -0.25) is 0 Å². The van der Waals surface area contributed by atoms with Crippen molar-refractivity contribution in [3.63, 3.8) is 0 Å². The van der Waals surface area contributed by atoms with E-state index in [0.717, 1.165) is 16.8 Å². The number of nitrogen functional groups attached to an aromatic ring is 1. The Balaban J connectivity index is 2.09. The lowest BCUT2D eigenvalue weighted by atomic mass is 10.1. The van der Waals surface area contributed by atoms with Crippen LogP contribution in [0.2, 0.25) is 0 Å². The molecular weight excluding hydrogens is 253 g/mol. The molecule has 2 N–H and O–H groups in total. The second-order valence-electron chi connectivity index (χ2n) is 4.37. The third kappa shape index (κ3) is 2.49. The van der Waals surface area contributed by atoms with E-state index >= 15 is 0 Å². The van der Waals surface area contributed by atoms with Crippen LogP contribution in [-0.2, 0) is 0 Å². The molecule has 0 bridgehead atoms. The van der Waals surface area contributed by atoms with Crippen molar-refractivity contribution in [1.29, 1.82) is 0 Å². The van der Waals surface area contributed by atoms with Crippen LogP contribution in [0.1, 0.15) is 0 Å². The van der Waals surface area contributed by atoms with Gasteiger partial charge < -0.3 is 5.73 Å². The summed E-state index contributed by atoms with van der Waals surface area (Å²) in [6, 6.07) is 17.5. The Morgan fingerprint density at radius 1 is 0.800 bits per heavy atom. The first kappa shape index (κ1) is 12.3. The Bertz CT molecular complexity index is 724. The maximum Gasteiger partial charge on any atom is 0.162 e. The molecule has 0 spiro atoms. The van der Waals surface area contributed by atoms with E-state index in [4.69, 9.17) is 5.73 Å². The van der Waals surface area contributed by atoms with Gasteiger partial charge in [-0.2, -0.15) is 0 Å². The predicted molar refractivity (Wildman–Crippen MR) is 77.3 cm³/mol. The number of hydrogen-bond donors (Lipinski definition) is 1. The lowest BCUT2D eigenvalue weighted by Gasteiger charge is -2.06. The zero-order chi connectivity index (χ0) is 13.9. The van der Waals surface area contributed by atoms with Crippen molar-refractivity contribution in [2.45, 2.75) is 0 Å². The summed E-state index contributed by atoms with van der Waals surface area (Å²) in [5, 5.41) is 0. The minimum atomic E-state index is -0.291. The van der Waals surface area contributed by atoms with Crippen LogP contribution >= 0.6 is 0 Å². The molecule has 1 aromatic heterocycles. The fraction of sp³-hybridized carbons (Fsp3) is 0. The number of hydrogen-bond acceptors (Lipinski definition) is 3. The second-order valence-corrected chi connectivity index (χ2v) is 4.37. The smallest absolute Gasteiger partial charge is 0.162 e. The molecule has 0 aliphatic carbocycles. The average Bonchev–Trinajstić information content (AvgIpc) is 2.48. The average molecular weight is 265 g/mol. The summed E-state index contributed by atoms with van der Waals surface area (Å²) in [4.78, 5) is 8.69. The number of rotatable bonds is 2. The Morgan fingerprint density at radius 2 is 1.50 bits per heavy atom. The van der Waals surface area contributed by atoms with Gasteiger partial charge in [0, 0.05) is 17.2 Å². The quantitative estimate of drug-likeness (QED) is 0.771. The Hall–Kier alpha value is -2.75. The number of aromatic nitrogens is 2. The largest absolute Gasteiger partial charge is 0.384 e. The van der Waals surface area contributed by atoms with Gasteiger partial charge in [0.05, 0.1) is 5.69 Å². The zero-order valence-corrected chi connectivity index (χ0v) is 10.6. The molecule has 2 aromatic carbocycles. The summed E-state index contributed by atoms with van der Waals surface area (Å²) < 4.78 is 13.0. The lowest BCUT2D eigenvalue weighted by molar-refractivity contribution is 0.628. The Morgan fingerprint density at radius 3 is 2.20 bits per heavy atom. The third-order valence-electron chi connectivity index (χ3n) is 2.92. The minimum Gasteiger partial charge on any atom is -0.384 e. The summed E-state index contributed by atoms with van der Waals surface area (Å²) >= 11 is 0. The van der Waals surface area contributed by atoms with E-state index in [-0.39, 0.29) is 5.82 Å². The van der Waals surface area contributed by atoms with Gasteiger partial charge in [-0.15, -0.1) is 0 Å². The van der Waals surface area contributed by atoms with Crippen molar-refractivity contribution in [3.05, 3.63) is 66.5 Å². The summed E-state index contributed by atoms with van der Waals surface area (Å²) in [6.45, 7) is 0. The van der Waals surface area contributed by atoms with E-state index < -0.39 is 0 Å². The highest BCUT2D eigenvalue weighted by molar-refractivity contribution is 5.66. The van der Waals surface area contributed by atoms with Crippen LogP contribution < -0.4 is 5.73 Å². The van der Waals surface area contributed by atoms with E-state index in [1.807, 2.05) is 30.3 Å². The van der Waals surface area contributed by atoms with Crippen LogP contribution in [0.5, 0.6) is 0 Å². The van der Waals surface area contributed by atoms with Gasteiger partial charge in [-0.1, -0.05) is 30.3 Å². The van der Waals surface area contributed by atoms with E-state index in [0.29, 0.717) is 11.6 Å². The van der Waals surface area contributed by atoms with Crippen molar-refractivity contribution < 1.29 is 4.39 Å². The molecule has 1 heterocycles. The molecule has 0 amide bonds. The molecule has 0 radical (unpaired) electrons. The highest BCUT2D eigenvalue weighted by Crippen LogP contribution is 2.23. The molecule has 0 aliphatic heterocycles. The Kier molecular flexibility index (Phi) is 3.13. The van der Waals surface area contributed by atoms with Crippen LogP contribution in [0.15, 0.2) is 60.7 Å². The van der Waals surface area contributed by atoms with E-state index in [1.165, 1.54) is 12.1 Å². The van der Waals surface area contributed by atoms with Crippen molar-refractivity contribution in [2.24, 2.45) is 0 Å². The van der Waals surface area contributed by atoms with Gasteiger partial charge in [-0.05, 0) is 24.3 Å². The molecule has 0 atom stereocenters. The summed E-state index contributed by atoms with van der Waals surface area (Å²) in [5.74, 6) is 0.586. The van der Waals surface area contributed by atoms with E-state index in [2.05, 4.69) is 9.97 Å². The molecule has 4 heteroatoms. The molecular formula is C16H12FN3. The summed E-state index contributed by atoms with van der Waals surface area (Å²) in [5.41, 5.74) is 8.28. The molecule has 20 heavy (non-hydrogen) atoms. The SMILES string of the molecule is Nc1cc(-c2ccccc2)nc(-c2ccc(F)cc2)n1. The van der Waals surface area contributed by atoms with Crippen molar-refractivity contribution in [2.75, 3.05) is 5.73 Å². The van der Waals surface area contributed by atoms with Crippen molar-refractivity contribution in [3.8, 4) is 22.6 Å². The standard InChI is InChI=1S/C16H12FN3/c17-13-8-6-12(7-9-13)16-19-14(10-15(18)20-16)11-4-2-1-3-5-11/h1-10H,(H2,18,19,20). The number of anilines is 1. The first-order valence-corrected chi connectivity index (χ1v) is 6.18. The minimum absolute atomic E-state index is 0.291. The van der Waals surface area contributed by atoms with Gasteiger partial charge >= 0.3 is 0 Å². The number of nitrogens with zero attached hydrogens (tertiary/aromatic N) is 2. The van der Waals surface area contributed by atoms with Crippen LogP contribution in [-0.4, -0.2) is 9.97 Å². The molecule has 0 unspecified atom stereocenters. The molecule has 3 aromatic rings. The molecule has 0 saturated carbocycles. The number of nitrogens with two attached hydrogens (primary N) is 1. The first-order valence-electron chi connectivity index (χ1n) is 6.18. The molecule has 0 saturated heterocycles. The first-order chi connectivity index (χ1) is 9.72. The molecule has 98 valence electrons. The van der Waals surface area contributed by atoms with Gasteiger partial charge in [0.1, 0.15) is 11.6 Å². The predicted octanol–water partition coefficient (Wildman–Crippen LogP) is 3.53. The van der Waals surface area contributed by atoms with Gasteiger partial charge in [0.2, 0.25) is 0 Å². The highest BCUT2D eigenvalue weighted by atomic mass is 19.1. The monoisotopic (exact) mass is 265 g/mol. The van der Waals surface area contributed by atoms with Crippen LogP contribution in [0, 0.1) is 5.82 Å². The topological polar surface area (TPSA) is 51.8 Å². The van der Waals surface area contributed by atoms with Crippen LogP contribution in [0.3, 0.4) is 0 Å². The maximum atomic E-state index is 13.0. The second kappa shape index (κ2) is 5.09. The number of halogens is 1. The van der Waals surface area contributed by atoms with Crippen LogP contribution in [0.4, 0.5) is 10.2 Å². The van der Waals surface area contributed by atoms with Gasteiger partial charge in [-0.25, -0.2) is 14.4 Å². The maximum absolute atomic E-state index is 13.0. The molecule has 3 nitrogen and oxygen atoms in total. The third-order valence-corrected chi connectivity index (χ3v) is 2.92. The normalized spacial score (nSPS) is 10.4. The van der Waals surface area contributed by atoms with Gasteiger partial charge in [0.25, 0.3) is 0 Å². The highest BCUT2D eigenvalue weighted by Gasteiger charge is 2.07. The van der Waals surface area contributed by atoms with E-state index in [9.17, 15) is 4.39 Å². The van der Waals surface area contributed by atoms with Crippen LogP contribution in [0.25, 0.3) is 22.6 Å². The fourth-order valence-electron chi connectivity index (χ4n) is 1.95. The molecule has 0 aliphatic rings. The lowest BCUT2D eigenvalue weighted by Crippen LogP contribution is -1.98. The van der Waals surface area contributed by atoms with Gasteiger partial charge in [0.15, 0.2) is 5.82 Å².